The van der Waals surface area contributed by atoms with Crippen LogP contribution in [-0.4, -0.2) is 17.9 Å². The summed E-state index contributed by atoms with van der Waals surface area (Å²) in [5.41, 5.74) is 3.17. The number of aryl methyl sites for hydroxylation is 2. The molecule has 0 spiro atoms. The Hall–Kier alpha value is -2.69. The Kier molecular flexibility index (Phi) is 3.86. The lowest BCUT2D eigenvalue weighted by molar-refractivity contribution is -0.121. The summed E-state index contributed by atoms with van der Waals surface area (Å²) in [6, 6.07) is 10.8. The topological polar surface area (TPSA) is 49.4 Å². The molecule has 2 aromatic rings. The number of benzene rings is 2. The first-order valence-corrected chi connectivity index (χ1v) is 7.42. The molecule has 4 nitrogen and oxygen atoms in total. The molecule has 1 heterocycles. The fourth-order valence-electron chi connectivity index (χ4n) is 2.71. The summed E-state index contributed by atoms with van der Waals surface area (Å²) in [7, 11) is 0. The molecule has 118 valence electrons. The lowest BCUT2D eigenvalue weighted by Gasteiger charge is -2.17. The second-order valence-electron chi connectivity index (χ2n) is 5.77. The van der Waals surface area contributed by atoms with Crippen LogP contribution >= 0.6 is 0 Å². The van der Waals surface area contributed by atoms with E-state index in [2.05, 4.69) is 5.32 Å². The van der Waals surface area contributed by atoms with Gasteiger partial charge in [-0.15, -0.1) is 0 Å². The van der Waals surface area contributed by atoms with Crippen LogP contribution in [-0.2, 0) is 9.59 Å². The number of carbonyl (C=O) groups is 2. The van der Waals surface area contributed by atoms with Crippen molar-refractivity contribution in [2.24, 2.45) is 0 Å². The van der Waals surface area contributed by atoms with Gasteiger partial charge in [-0.2, -0.15) is 0 Å². The molecule has 0 aromatic heterocycles. The van der Waals surface area contributed by atoms with E-state index in [4.69, 9.17) is 0 Å². The molecular formula is C18H17FN2O2. The van der Waals surface area contributed by atoms with Crippen molar-refractivity contribution in [2.45, 2.75) is 26.3 Å². The summed E-state index contributed by atoms with van der Waals surface area (Å²) in [5, 5.41) is 3.14. The van der Waals surface area contributed by atoms with E-state index in [0.717, 1.165) is 21.7 Å². The van der Waals surface area contributed by atoms with Gasteiger partial charge in [-0.3, -0.25) is 9.59 Å². The van der Waals surface area contributed by atoms with Crippen molar-refractivity contribution in [2.75, 3.05) is 10.2 Å². The lowest BCUT2D eigenvalue weighted by atomic mass is 10.1. The monoisotopic (exact) mass is 312 g/mol. The summed E-state index contributed by atoms with van der Waals surface area (Å²) in [5.74, 6) is -1.17. The molecular weight excluding hydrogens is 295 g/mol. The van der Waals surface area contributed by atoms with Crippen LogP contribution < -0.4 is 10.2 Å². The van der Waals surface area contributed by atoms with Crippen molar-refractivity contribution >= 4 is 23.2 Å². The third-order valence-corrected chi connectivity index (χ3v) is 3.94. The predicted octanol–water partition coefficient (Wildman–Crippen LogP) is 3.19. The zero-order chi connectivity index (χ0) is 16.6. The highest BCUT2D eigenvalue weighted by Gasteiger charge is 2.39. The van der Waals surface area contributed by atoms with E-state index in [9.17, 15) is 14.0 Å². The van der Waals surface area contributed by atoms with Gasteiger partial charge in [0.25, 0.3) is 5.91 Å². The highest BCUT2D eigenvalue weighted by atomic mass is 19.1. The number of anilines is 2. The number of nitrogens with zero attached hydrogens (tertiary/aromatic N) is 1. The van der Waals surface area contributed by atoms with Crippen molar-refractivity contribution in [3.63, 3.8) is 0 Å². The molecule has 1 fully saturated rings. The van der Waals surface area contributed by atoms with Gasteiger partial charge in [-0.1, -0.05) is 18.2 Å². The first-order chi connectivity index (χ1) is 11.0. The summed E-state index contributed by atoms with van der Waals surface area (Å²) < 4.78 is 13.4. The summed E-state index contributed by atoms with van der Waals surface area (Å²) in [6.07, 6.45) is 0.0583. The van der Waals surface area contributed by atoms with E-state index in [0.29, 0.717) is 0 Å². The van der Waals surface area contributed by atoms with E-state index >= 15 is 0 Å². The molecule has 0 bridgehead atoms. The quantitative estimate of drug-likeness (QED) is 0.886. The molecule has 1 unspecified atom stereocenters. The average molecular weight is 312 g/mol. The Bertz CT molecular complexity index is 788. The molecule has 3 rings (SSSR count). The zero-order valence-corrected chi connectivity index (χ0v) is 13.0. The summed E-state index contributed by atoms with van der Waals surface area (Å²) >= 11 is 0. The van der Waals surface area contributed by atoms with Gasteiger partial charge < -0.3 is 5.32 Å². The number of carbonyl (C=O) groups excluding carboxylic acids is 2. The molecule has 1 atom stereocenters. The van der Waals surface area contributed by atoms with Crippen molar-refractivity contribution in [3.05, 3.63) is 59.4 Å². The van der Waals surface area contributed by atoms with E-state index < -0.39 is 11.9 Å². The van der Waals surface area contributed by atoms with Crippen LogP contribution in [0.1, 0.15) is 17.5 Å². The minimum absolute atomic E-state index is 0.0583. The second-order valence-corrected chi connectivity index (χ2v) is 5.77. The number of hydrogen-bond acceptors (Lipinski definition) is 3. The number of imide groups is 1. The van der Waals surface area contributed by atoms with Gasteiger partial charge in [-0.05, 0) is 49.2 Å². The SMILES string of the molecule is Cc1ccc(C)c(NC2CC(=O)N(c3cccc(F)c3)C2=O)c1. The predicted molar refractivity (Wildman–Crippen MR) is 86.8 cm³/mol. The van der Waals surface area contributed by atoms with Crippen LogP contribution in [0.5, 0.6) is 0 Å². The maximum absolute atomic E-state index is 13.4. The number of nitrogens with one attached hydrogen (secondary N) is 1. The Balaban J connectivity index is 1.85. The van der Waals surface area contributed by atoms with Gasteiger partial charge in [-0.25, -0.2) is 9.29 Å². The standard InChI is InChI=1S/C18H17FN2O2/c1-11-6-7-12(2)15(8-11)20-16-10-17(22)21(18(16)23)14-5-3-4-13(19)9-14/h3-9,16,20H,10H2,1-2H3. The molecule has 23 heavy (non-hydrogen) atoms. The molecule has 0 aliphatic carbocycles. The smallest absolute Gasteiger partial charge is 0.256 e. The molecule has 0 radical (unpaired) electrons. The fraction of sp³-hybridized carbons (Fsp3) is 0.222. The maximum atomic E-state index is 13.4. The van der Waals surface area contributed by atoms with E-state index in [1.807, 2.05) is 32.0 Å². The van der Waals surface area contributed by atoms with Crippen LogP contribution in [0.25, 0.3) is 0 Å². The second kappa shape index (κ2) is 5.83. The lowest BCUT2D eigenvalue weighted by Crippen LogP contribution is -2.35. The fourth-order valence-corrected chi connectivity index (χ4v) is 2.71. The Morgan fingerprint density at radius 3 is 2.65 bits per heavy atom. The van der Waals surface area contributed by atoms with Crippen molar-refractivity contribution in [3.8, 4) is 0 Å². The van der Waals surface area contributed by atoms with Gasteiger partial charge >= 0.3 is 0 Å². The van der Waals surface area contributed by atoms with Crippen LogP contribution in [0.2, 0.25) is 0 Å². The number of halogens is 1. The van der Waals surface area contributed by atoms with Gasteiger partial charge in [0.2, 0.25) is 5.91 Å². The first-order valence-electron chi connectivity index (χ1n) is 7.42. The van der Waals surface area contributed by atoms with Crippen LogP contribution in [0, 0.1) is 19.7 Å². The van der Waals surface area contributed by atoms with Gasteiger partial charge in [0.15, 0.2) is 0 Å². The Morgan fingerprint density at radius 2 is 1.91 bits per heavy atom. The summed E-state index contributed by atoms with van der Waals surface area (Å²) in [6.45, 7) is 3.90. The third-order valence-electron chi connectivity index (χ3n) is 3.94. The first kappa shape index (κ1) is 15.2. The largest absolute Gasteiger partial charge is 0.373 e. The van der Waals surface area contributed by atoms with Gasteiger partial charge in [0, 0.05) is 5.69 Å². The molecule has 2 amide bonds. The van der Waals surface area contributed by atoms with Crippen molar-refractivity contribution in [1.29, 1.82) is 0 Å². The van der Waals surface area contributed by atoms with Crippen molar-refractivity contribution < 1.29 is 14.0 Å². The average Bonchev–Trinajstić information content (AvgIpc) is 2.77. The minimum Gasteiger partial charge on any atom is -0.373 e. The van der Waals surface area contributed by atoms with Crippen LogP contribution in [0.15, 0.2) is 42.5 Å². The minimum atomic E-state index is -0.633. The molecule has 1 N–H and O–H groups in total. The third kappa shape index (κ3) is 2.95. The molecule has 1 aliphatic rings. The maximum Gasteiger partial charge on any atom is 0.256 e. The Labute approximate surface area is 133 Å². The molecule has 5 heteroatoms. The van der Waals surface area contributed by atoms with Gasteiger partial charge in [0.1, 0.15) is 11.9 Å². The van der Waals surface area contributed by atoms with Crippen LogP contribution in [0.3, 0.4) is 0 Å². The molecule has 1 aliphatic heterocycles. The van der Waals surface area contributed by atoms with Crippen LogP contribution in [0.4, 0.5) is 15.8 Å². The van der Waals surface area contributed by atoms with Crippen molar-refractivity contribution in [1.82, 2.24) is 0 Å². The van der Waals surface area contributed by atoms with E-state index in [-0.39, 0.29) is 23.9 Å². The molecule has 0 saturated carbocycles. The van der Waals surface area contributed by atoms with E-state index in [1.165, 1.54) is 18.2 Å². The van der Waals surface area contributed by atoms with E-state index in [1.54, 1.807) is 6.07 Å². The molecule has 2 aromatic carbocycles. The number of hydrogen-bond donors (Lipinski definition) is 1. The molecule has 1 saturated heterocycles. The van der Waals surface area contributed by atoms with Gasteiger partial charge in [0.05, 0.1) is 12.1 Å². The highest BCUT2D eigenvalue weighted by Crippen LogP contribution is 2.26. The highest BCUT2D eigenvalue weighted by molar-refractivity contribution is 6.23. The zero-order valence-electron chi connectivity index (χ0n) is 13.0. The normalized spacial score (nSPS) is 17.7. The Morgan fingerprint density at radius 1 is 1.13 bits per heavy atom. The summed E-state index contributed by atoms with van der Waals surface area (Å²) in [4.78, 5) is 25.8. The number of rotatable bonds is 3. The number of amides is 2.